The molecule has 1 aliphatic carbocycles. The average Bonchev–Trinajstić information content (AvgIpc) is 2.79. The van der Waals surface area contributed by atoms with Crippen LogP contribution in [0.25, 0.3) is 0 Å². The van der Waals surface area contributed by atoms with Crippen molar-refractivity contribution in [1.29, 1.82) is 0 Å². The summed E-state index contributed by atoms with van der Waals surface area (Å²) >= 11 is 0. The lowest BCUT2D eigenvalue weighted by molar-refractivity contribution is 0.420. The summed E-state index contributed by atoms with van der Waals surface area (Å²) in [6.07, 6.45) is 2.68. The predicted molar refractivity (Wildman–Crippen MR) is 61.2 cm³/mol. The molecule has 2 rings (SSSR count). The van der Waals surface area contributed by atoms with Crippen LogP contribution in [0, 0.1) is 17.3 Å². The molecular formula is C14H20. The van der Waals surface area contributed by atoms with E-state index in [1.807, 2.05) is 0 Å². The second kappa shape index (κ2) is 3.42. The summed E-state index contributed by atoms with van der Waals surface area (Å²) in [5.74, 6) is 1.80. The van der Waals surface area contributed by atoms with Crippen molar-refractivity contribution in [3.63, 3.8) is 0 Å². The highest BCUT2D eigenvalue weighted by molar-refractivity contribution is 5.19. The van der Waals surface area contributed by atoms with Gasteiger partial charge in [-0.05, 0) is 35.7 Å². The summed E-state index contributed by atoms with van der Waals surface area (Å²) in [5.41, 5.74) is 2.09. The summed E-state index contributed by atoms with van der Waals surface area (Å²) in [5, 5.41) is 0. The molecule has 0 aromatic heterocycles. The highest BCUT2D eigenvalue weighted by Crippen LogP contribution is 2.57. The zero-order chi connectivity index (χ0) is 10.2. The summed E-state index contributed by atoms with van der Waals surface area (Å²) in [7, 11) is 0. The minimum atomic E-state index is 0.593. The summed E-state index contributed by atoms with van der Waals surface area (Å²) in [4.78, 5) is 0. The van der Waals surface area contributed by atoms with Crippen LogP contribution in [-0.4, -0.2) is 0 Å². The van der Waals surface area contributed by atoms with Gasteiger partial charge in [-0.3, -0.25) is 0 Å². The Kier molecular flexibility index (Phi) is 2.38. The van der Waals surface area contributed by atoms with Crippen molar-refractivity contribution in [3.05, 3.63) is 35.9 Å². The van der Waals surface area contributed by atoms with Gasteiger partial charge in [0.25, 0.3) is 0 Å². The van der Waals surface area contributed by atoms with E-state index in [1.165, 1.54) is 18.4 Å². The van der Waals surface area contributed by atoms with E-state index in [2.05, 4.69) is 51.1 Å². The average molecular weight is 188 g/mol. The van der Waals surface area contributed by atoms with Gasteiger partial charge in [0.05, 0.1) is 0 Å². The van der Waals surface area contributed by atoms with Crippen LogP contribution in [0.3, 0.4) is 0 Å². The molecule has 1 fully saturated rings. The van der Waals surface area contributed by atoms with Crippen LogP contribution >= 0.6 is 0 Å². The highest BCUT2D eigenvalue weighted by Gasteiger charge is 2.50. The normalized spacial score (nSPS) is 30.7. The topological polar surface area (TPSA) is 0 Å². The van der Waals surface area contributed by atoms with Crippen LogP contribution in [0.4, 0.5) is 0 Å². The maximum atomic E-state index is 2.44. The molecule has 0 nitrogen and oxygen atoms in total. The number of hydrogen-bond donors (Lipinski definition) is 0. The maximum Gasteiger partial charge on any atom is -0.0222 e. The Morgan fingerprint density at radius 3 is 2.43 bits per heavy atom. The smallest absolute Gasteiger partial charge is 0.0222 e. The van der Waals surface area contributed by atoms with Crippen LogP contribution in [0.2, 0.25) is 0 Å². The van der Waals surface area contributed by atoms with Crippen molar-refractivity contribution in [1.82, 2.24) is 0 Å². The van der Waals surface area contributed by atoms with Gasteiger partial charge in [-0.1, -0.05) is 51.1 Å². The first-order chi connectivity index (χ1) is 6.62. The molecule has 0 spiro atoms. The van der Waals surface area contributed by atoms with E-state index in [-0.39, 0.29) is 0 Å². The third kappa shape index (κ3) is 1.84. The maximum absolute atomic E-state index is 2.44. The SMILES string of the molecule is CC(C)[C@@H]1C[C@@]1(C)Cc1ccccc1. The molecule has 1 saturated carbocycles. The van der Waals surface area contributed by atoms with E-state index in [4.69, 9.17) is 0 Å². The minimum Gasteiger partial charge on any atom is -0.0625 e. The van der Waals surface area contributed by atoms with Gasteiger partial charge in [-0.2, -0.15) is 0 Å². The van der Waals surface area contributed by atoms with Crippen molar-refractivity contribution >= 4 is 0 Å². The molecule has 1 aromatic carbocycles. The third-order valence-electron chi connectivity index (χ3n) is 3.68. The van der Waals surface area contributed by atoms with E-state index in [9.17, 15) is 0 Å². The fourth-order valence-electron chi connectivity index (χ4n) is 2.75. The zero-order valence-electron chi connectivity index (χ0n) is 9.46. The van der Waals surface area contributed by atoms with Gasteiger partial charge < -0.3 is 0 Å². The molecule has 76 valence electrons. The molecule has 0 unspecified atom stereocenters. The molecular weight excluding hydrogens is 168 g/mol. The first-order valence-electron chi connectivity index (χ1n) is 5.66. The molecule has 0 saturated heterocycles. The Morgan fingerprint density at radius 1 is 1.29 bits per heavy atom. The summed E-state index contributed by atoms with van der Waals surface area (Å²) in [6.45, 7) is 7.13. The molecule has 0 heterocycles. The molecule has 0 radical (unpaired) electrons. The predicted octanol–water partition coefficient (Wildman–Crippen LogP) is 3.91. The van der Waals surface area contributed by atoms with Crippen LogP contribution in [0.1, 0.15) is 32.8 Å². The summed E-state index contributed by atoms with van der Waals surface area (Å²) in [6, 6.07) is 10.9. The molecule has 1 aromatic rings. The first kappa shape index (κ1) is 9.76. The van der Waals surface area contributed by atoms with Gasteiger partial charge in [0.15, 0.2) is 0 Å². The lowest BCUT2D eigenvalue weighted by atomic mass is 9.92. The van der Waals surface area contributed by atoms with Crippen molar-refractivity contribution in [3.8, 4) is 0 Å². The number of benzene rings is 1. The molecule has 0 N–H and O–H groups in total. The van der Waals surface area contributed by atoms with Crippen molar-refractivity contribution in [2.45, 2.75) is 33.6 Å². The van der Waals surface area contributed by atoms with Crippen molar-refractivity contribution in [2.75, 3.05) is 0 Å². The van der Waals surface area contributed by atoms with Gasteiger partial charge >= 0.3 is 0 Å². The Labute approximate surface area is 87.3 Å². The first-order valence-corrected chi connectivity index (χ1v) is 5.66. The zero-order valence-corrected chi connectivity index (χ0v) is 9.46. The molecule has 2 atom stereocenters. The Morgan fingerprint density at radius 2 is 1.93 bits per heavy atom. The molecule has 1 aliphatic rings. The van der Waals surface area contributed by atoms with Crippen molar-refractivity contribution in [2.24, 2.45) is 17.3 Å². The standard InChI is InChI=1S/C14H20/c1-11(2)13-10-14(13,3)9-12-7-5-4-6-8-12/h4-8,11,13H,9-10H2,1-3H3/t13-,14+/m0/s1. The second-order valence-corrected chi connectivity index (χ2v) is 5.37. The third-order valence-corrected chi connectivity index (χ3v) is 3.68. The van der Waals surface area contributed by atoms with E-state index < -0.39 is 0 Å². The van der Waals surface area contributed by atoms with Crippen LogP contribution in [0.5, 0.6) is 0 Å². The molecule has 0 bridgehead atoms. The molecule has 0 aliphatic heterocycles. The van der Waals surface area contributed by atoms with Gasteiger partial charge in [0.1, 0.15) is 0 Å². The van der Waals surface area contributed by atoms with Crippen LogP contribution in [0.15, 0.2) is 30.3 Å². The van der Waals surface area contributed by atoms with Crippen LogP contribution < -0.4 is 0 Å². The van der Waals surface area contributed by atoms with Gasteiger partial charge in [0, 0.05) is 0 Å². The quantitative estimate of drug-likeness (QED) is 0.674. The van der Waals surface area contributed by atoms with E-state index in [0.29, 0.717) is 5.41 Å². The van der Waals surface area contributed by atoms with Crippen molar-refractivity contribution < 1.29 is 0 Å². The van der Waals surface area contributed by atoms with E-state index in [0.717, 1.165) is 11.8 Å². The molecule has 14 heavy (non-hydrogen) atoms. The fourth-order valence-corrected chi connectivity index (χ4v) is 2.75. The Balaban J connectivity index is 2.00. The van der Waals surface area contributed by atoms with E-state index in [1.54, 1.807) is 0 Å². The lowest BCUT2D eigenvalue weighted by Gasteiger charge is -2.13. The van der Waals surface area contributed by atoms with E-state index >= 15 is 0 Å². The fraction of sp³-hybridized carbons (Fsp3) is 0.571. The molecule has 0 amide bonds. The highest BCUT2D eigenvalue weighted by atomic mass is 14.5. The largest absolute Gasteiger partial charge is 0.0625 e. The lowest BCUT2D eigenvalue weighted by Crippen LogP contribution is -2.06. The van der Waals surface area contributed by atoms with Gasteiger partial charge in [0.2, 0.25) is 0 Å². The Hall–Kier alpha value is -0.780. The Bertz CT molecular complexity index is 299. The number of hydrogen-bond acceptors (Lipinski definition) is 0. The monoisotopic (exact) mass is 188 g/mol. The van der Waals surface area contributed by atoms with Crippen LogP contribution in [-0.2, 0) is 6.42 Å². The van der Waals surface area contributed by atoms with Gasteiger partial charge in [-0.25, -0.2) is 0 Å². The number of rotatable bonds is 3. The summed E-state index contributed by atoms with van der Waals surface area (Å²) < 4.78 is 0. The second-order valence-electron chi connectivity index (χ2n) is 5.37. The minimum absolute atomic E-state index is 0.593. The van der Waals surface area contributed by atoms with Gasteiger partial charge in [-0.15, -0.1) is 0 Å². The molecule has 0 heteroatoms.